The van der Waals surface area contributed by atoms with Gasteiger partial charge in [-0.2, -0.15) is 0 Å². The smallest absolute Gasteiger partial charge is 0.408 e. The summed E-state index contributed by atoms with van der Waals surface area (Å²) in [5, 5.41) is 2.47. The molecule has 21 heavy (non-hydrogen) atoms. The third-order valence-electron chi connectivity index (χ3n) is 2.37. The number of amides is 1. The number of alkyl halides is 1. The second kappa shape index (κ2) is 7.88. The van der Waals surface area contributed by atoms with Gasteiger partial charge in [0.05, 0.1) is 5.88 Å². The molecule has 0 bridgehead atoms. The van der Waals surface area contributed by atoms with Gasteiger partial charge in [0.15, 0.2) is 5.78 Å². The van der Waals surface area contributed by atoms with Gasteiger partial charge in [0.25, 0.3) is 0 Å². The summed E-state index contributed by atoms with van der Waals surface area (Å²) in [5.74, 6) is 0.0628. The minimum atomic E-state index is -0.849. The Morgan fingerprint density at radius 3 is 2.38 bits per heavy atom. The minimum absolute atomic E-state index is 0.00515. The summed E-state index contributed by atoms with van der Waals surface area (Å²) in [7, 11) is 0. The van der Waals surface area contributed by atoms with Crippen molar-refractivity contribution in [1.29, 1.82) is 0 Å². The van der Waals surface area contributed by atoms with Gasteiger partial charge in [0, 0.05) is 0 Å². The lowest BCUT2D eigenvalue weighted by Gasteiger charge is -2.23. The number of ketones is 1. The van der Waals surface area contributed by atoms with E-state index in [1.807, 2.05) is 18.2 Å². The SMILES string of the molecule is CC(C)(C)OC(=O)NC(COc1ccccc1)C(=O)CCl. The zero-order valence-electron chi connectivity index (χ0n) is 12.4. The van der Waals surface area contributed by atoms with E-state index in [-0.39, 0.29) is 18.3 Å². The van der Waals surface area contributed by atoms with E-state index in [0.29, 0.717) is 5.75 Å². The molecule has 5 nitrogen and oxygen atoms in total. The Labute approximate surface area is 129 Å². The highest BCUT2D eigenvalue weighted by atomic mass is 35.5. The Morgan fingerprint density at radius 2 is 1.86 bits per heavy atom. The van der Waals surface area contributed by atoms with Crippen LogP contribution in [0.4, 0.5) is 4.79 Å². The summed E-state index contributed by atoms with van der Waals surface area (Å²) in [6.07, 6.45) is -0.678. The Hall–Kier alpha value is -1.75. The van der Waals surface area contributed by atoms with Crippen molar-refractivity contribution in [3.63, 3.8) is 0 Å². The monoisotopic (exact) mass is 313 g/mol. The zero-order chi connectivity index (χ0) is 15.9. The van der Waals surface area contributed by atoms with Gasteiger partial charge in [-0.3, -0.25) is 4.79 Å². The van der Waals surface area contributed by atoms with E-state index in [2.05, 4.69) is 5.32 Å². The van der Waals surface area contributed by atoms with Crippen LogP contribution in [0, 0.1) is 0 Å². The van der Waals surface area contributed by atoms with Crippen LogP contribution in [0.2, 0.25) is 0 Å². The van der Waals surface area contributed by atoms with Crippen LogP contribution in [-0.2, 0) is 9.53 Å². The predicted molar refractivity (Wildman–Crippen MR) is 80.8 cm³/mol. The lowest BCUT2D eigenvalue weighted by atomic mass is 10.2. The maximum absolute atomic E-state index is 11.8. The van der Waals surface area contributed by atoms with E-state index in [4.69, 9.17) is 21.1 Å². The summed E-state index contributed by atoms with van der Waals surface area (Å²) in [6.45, 7) is 5.22. The summed E-state index contributed by atoms with van der Waals surface area (Å²) in [6, 6.07) is 8.15. The number of Topliss-reactive ketones (excluding diaryl/α,β-unsaturated/α-hetero) is 1. The molecule has 0 heterocycles. The highest BCUT2D eigenvalue weighted by Gasteiger charge is 2.24. The maximum atomic E-state index is 11.8. The Morgan fingerprint density at radius 1 is 1.24 bits per heavy atom. The number of nitrogens with one attached hydrogen (secondary N) is 1. The molecule has 1 amide bonds. The fourth-order valence-electron chi connectivity index (χ4n) is 1.45. The second-order valence-corrected chi connectivity index (χ2v) is 5.69. The third-order valence-corrected chi connectivity index (χ3v) is 2.63. The van der Waals surface area contributed by atoms with Gasteiger partial charge in [0.1, 0.15) is 24.0 Å². The molecule has 116 valence electrons. The molecule has 0 aliphatic heterocycles. The van der Waals surface area contributed by atoms with Crippen LogP contribution in [0.1, 0.15) is 20.8 Å². The van der Waals surface area contributed by atoms with Crippen LogP contribution in [0.15, 0.2) is 30.3 Å². The van der Waals surface area contributed by atoms with Gasteiger partial charge in [-0.1, -0.05) is 18.2 Å². The fourth-order valence-corrected chi connectivity index (χ4v) is 1.64. The Balaban J connectivity index is 2.60. The van der Waals surface area contributed by atoms with Crippen molar-refractivity contribution in [1.82, 2.24) is 5.32 Å². The van der Waals surface area contributed by atoms with Crippen LogP contribution in [0.25, 0.3) is 0 Å². The van der Waals surface area contributed by atoms with Crippen molar-refractivity contribution in [2.24, 2.45) is 0 Å². The molecule has 0 spiro atoms. The first-order valence-corrected chi connectivity index (χ1v) is 7.11. The van der Waals surface area contributed by atoms with E-state index in [1.165, 1.54) is 0 Å². The van der Waals surface area contributed by atoms with Crippen molar-refractivity contribution >= 4 is 23.5 Å². The van der Waals surface area contributed by atoms with Gasteiger partial charge in [-0.05, 0) is 32.9 Å². The number of rotatable bonds is 6. The molecule has 1 aromatic rings. The summed E-state index contributed by atoms with van der Waals surface area (Å²) in [5.41, 5.74) is -0.640. The number of ether oxygens (including phenoxy) is 2. The average Bonchev–Trinajstić information content (AvgIpc) is 2.41. The van der Waals surface area contributed by atoms with E-state index in [0.717, 1.165) is 0 Å². The molecule has 1 unspecified atom stereocenters. The number of halogens is 1. The zero-order valence-corrected chi connectivity index (χ0v) is 13.1. The van der Waals surface area contributed by atoms with Gasteiger partial charge in [0.2, 0.25) is 0 Å². The topological polar surface area (TPSA) is 64.6 Å². The van der Waals surface area contributed by atoms with Crippen LogP contribution in [0.5, 0.6) is 5.75 Å². The normalized spacial score (nSPS) is 12.4. The molecule has 0 saturated carbocycles. The molecule has 1 atom stereocenters. The molecule has 6 heteroatoms. The van der Waals surface area contributed by atoms with Crippen LogP contribution < -0.4 is 10.1 Å². The maximum Gasteiger partial charge on any atom is 0.408 e. The van der Waals surface area contributed by atoms with Gasteiger partial charge >= 0.3 is 6.09 Å². The first kappa shape index (κ1) is 17.3. The van der Waals surface area contributed by atoms with Gasteiger partial charge < -0.3 is 14.8 Å². The lowest BCUT2D eigenvalue weighted by Crippen LogP contribution is -2.47. The van der Waals surface area contributed by atoms with Gasteiger partial charge in [-0.15, -0.1) is 11.6 Å². The number of benzene rings is 1. The van der Waals surface area contributed by atoms with Crippen molar-refractivity contribution in [3.8, 4) is 5.75 Å². The fraction of sp³-hybridized carbons (Fsp3) is 0.467. The van der Waals surface area contributed by atoms with Crippen molar-refractivity contribution in [2.45, 2.75) is 32.4 Å². The molecule has 0 aliphatic rings. The standard InChI is InChI=1S/C15H20ClNO4/c1-15(2,3)21-14(19)17-12(13(18)9-16)10-20-11-7-5-4-6-8-11/h4-8,12H,9-10H2,1-3H3,(H,17,19). The number of hydrogen-bond acceptors (Lipinski definition) is 4. The molecular formula is C15H20ClNO4. The largest absolute Gasteiger partial charge is 0.491 e. The molecule has 0 aromatic heterocycles. The lowest BCUT2D eigenvalue weighted by molar-refractivity contribution is -0.119. The number of para-hydroxylation sites is 1. The first-order chi connectivity index (χ1) is 9.81. The number of hydrogen-bond donors (Lipinski definition) is 1. The van der Waals surface area contributed by atoms with Gasteiger partial charge in [-0.25, -0.2) is 4.79 Å². The molecule has 0 aliphatic carbocycles. The second-order valence-electron chi connectivity index (χ2n) is 5.42. The molecule has 0 saturated heterocycles. The molecule has 0 radical (unpaired) electrons. The highest BCUT2D eigenvalue weighted by Crippen LogP contribution is 2.10. The molecule has 1 rings (SSSR count). The predicted octanol–water partition coefficient (Wildman–Crippen LogP) is 2.77. The first-order valence-electron chi connectivity index (χ1n) is 6.58. The van der Waals surface area contributed by atoms with Crippen molar-refractivity contribution in [3.05, 3.63) is 30.3 Å². The minimum Gasteiger partial charge on any atom is -0.491 e. The average molecular weight is 314 g/mol. The van der Waals surface area contributed by atoms with Crippen LogP contribution >= 0.6 is 11.6 Å². The van der Waals surface area contributed by atoms with Crippen molar-refractivity contribution < 1.29 is 19.1 Å². The van der Waals surface area contributed by atoms with E-state index < -0.39 is 17.7 Å². The molecule has 1 aromatic carbocycles. The van der Waals surface area contributed by atoms with Crippen LogP contribution in [-0.4, -0.2) is 36.0 Å². The Kier molecular flexibility index (Phi) is 6.49. The quantitative estimate of drug-likeness (QED) is 0.820. The summed E-state index contributed by atoms with van der Waals surface area (Å²) >= 11 is 5.55. The number of carbonyl (C=O) groups is 2. The number of carbonyl (C=O) groups excluding carboxylic acids is 2. The molecule has 0 fully saturated rings. The summed E-state index contributed by atoms with van der Waals surface area (Å²) < 4.78 is 10.6. The molecule has 1 N–H and O–H groups in total. The van der Waals surface area contributed by atoms with E-state index >= 15 is 0 Å². The molecular weight excluding hydrogens is 294 g/mol. The Bertz CT molecular complexity index is 470. The van der Waals surface area contributed by atoms with E-state index in [1.54, 1.807) is 32.9 Å². The highest BCUT2D eigenvalue weighted by molar-refractivity contribution is 6.28. The van der Waals surface area contributed by atoms with Crippen LogP contribution in [0.3, 0.4) is 0 Å². The summed E-state index contributed by atoms with van der Waals surface area (Å²) in [4.78, 5) is 23.5. The van der Waals surface area contributed by atoms with Crippen molar-refractivity contribution in [2.75, 3.05) is 12.5 Å². The van der Waals surface area contributed by atoms with E-state index in [9.17, 15) is 9.59 Å². The number of alkyl carbamates (subject to hydrolysis) is 1. The third kappa shape index (κ3) is 6.99.